The van der Waals surface area contributed by atoms with Gasteiger partial charge in [-0.05, 0) is 35.4 Å². The topological polar surface area (TPSA) is 25.8 Å². The van der Waals surface area contributed by atoms with Gasteiger partial charge in [-0.3, -0.25) is 0 Å². The van der Waals surface area contributed by atoms with Gasteiger partial charge in [0.15, 0.2) is 0 Å². The Bertz CT molecular complexity index is 462. The van der Waals surface area contributed by atoms with Gasteiger partial charge in [0.05, 0.1) is 0 Å². The van der Waals surface area contributed by atoms with Crippen LogP contribution in [-0.4, -0.2) is 9.97 Å². The fourth-order valence-corrected chi connectivity index (χ4v) is 1.81. The number of rotatable bonds is 1. The summed E-state index contributed by atoms with van der Waals surface area (Å²) in [5, 5.41) is 1.37. The van der Waals surface area contributed by atoms with Crippen molar-refractivity contribution in [2.24, 2.45) is 0 Å². The molecule has 0 aliphatic rings. The van der Waals surface area contributed by atoms with Gasteiger partial charge in [0.25, 0.3) is 0 Å². The van der Waals surface area contributed by atoms with E-state index in [0.29, 0.717) is 10.0 Å². The van der Waals surface area contributed by atoms with Crippen LogP contribution >= 0.6 is 34.8 Å². The van der Waals surface area contributed by atoms with Crippen LogP contribution in [0.25, 0.3) is 11.1 Å². The third-order valence-corrected chi connectivity index (χ3v) is 2.45. The molecule has 0 radical (unpaired) electrons. The average Bonchev–Trinajstić information content (AvgIpc) is 2.17. The summed E-state index contributed by atoms with van der Waals surface area (Å²) < 4.78 is 0. The quantitative estimate of drug-likeness (QED) is 0.721. The maximum absolute atomic E-state index is 5.88. The largest absolute Gasteiger partial charge is 0.226 e. The minimum atomic E-state index is 0.215. The highest BCUT2D eigenvalue weighted by Gasteiger charge is 2.02. The van der Waals surface area contributed by atoms with Gasteiger partial charge in [0.1, 0.15) is 0 Å². The molecule has 0 bridgehead atoms. The van der Waals surface area contributed by atoms with Crippen molar-refractivity contribution >= 4 is 34.8 Å². The standard InChI is InChI=1S/C10H5Cl3N2/c11-8-1-6(2-9(12)3-8)7-4-14-10(13)15-5-7/h1-5H. The molecule has 2 aromatic rings. The molecule has 2 rings (SSSR count). The molecule has 0 saturated heterocycles. The summed E-state index contributed by atoms with van der Waals surface area (Å²) in [6.07, 6.45) is 3.24. The van der Waals surface area contributed by atoms with Crippen LogP contribution < -0.4 is 0 Å². The Morgan fingerprint density at radius 2 is 1.27 bits per heavy atom. The maximum Gasteiger partial charge on any atom is 0.222 e. The highest BCUT2D eigenvalue weighted by molar-refractivity contribution is 6.35. The molecule has 0 saturated carbocycles. The van der Waals surface area contributed by atoms with Crippen LogP contribution in [-0.2, 0) is 0 Å². The Morgan fingerprint density at radius 1 is 0.733 bits per heavy atom. The second-order valence-corrected chi connectivity index (χ2v) is 4.11. The van der Waals surface area contributed by atoms with Crippen molar-refractivity contribution < 1.29 is 0 Å². The van der Waals surface area contributed by atoms with Crippen molar-refractivity contribution in [3.05, 3.63) is 45.9 Å². The fourth-order valence-electron chi connectivity index (χ4n) is 1.18. The van der Waals surface area contributed by atoms with Crippen molar-refractivity contribution in [3.8, 4) is 11.1 Å². The monoisotopic (exact) mass is 258 g/mol. The molecule has 15 heavy (non-hydrogen) atoms. The molecule has 0 N–H and O–H groups in total. The van der Waals surface area contributed by atoms with E-state index in [-0.39, 0.29) is 5.28 Å². The van der Waals surface area contributed by atoms with Crippen molar-refractivity contribution in [1.82, 2.24) is 9.97 Å². The predicted molar refractivity (Wildman–Crippen MR) is 62.5 cm³/mol. The van der Waals surface area contributed by atoms with Crippen LogP contribution in [0.5, 0.6) is 0 Å². The van der Waals surface area contributed by atoms with Gasteiger partial charge in [-0.2, -0.15) is 0 Å². The second-order valence-electron chi connectivity index (χ2n) is 2.90. The zero-order chi connectivity index (χ0) is 10.8. The number of hydrogen-bond acceptors (Lipinski definition) is 2. The lowest BCUT2D eigenvalue weighted by Crippen LogP contribution is -1.84. The van der Waals surface area contributed by atoms with Gasteiger partial charge < -0.3 is 0 Å². The molecule has 0 atom stereocenters. The molecule has 0 spiro atoms. The van der Waals surface area contributed by atoms with Gasteiger partial charge in [-0.25, -0.2) is 9.97 Å². The summed E-state index contributed by atoms with van der Waals surface area (Å²) in [5.74, 6) is 0. The lowest BCUT2D eigenvalue weighted by atomic mass is 10.1. The molecule has 0 fully saturated rings. The highest BCUT2D eigenvalue weighted by atomic mass is 35.5. The van der Waals surface area contributed by atoms with Crippen LogP contribution in [0, 0.1) is 0 Å². The van der Waals surface area contributed by atoms with Gasteiger partial charge in [0, 0.05) is 28.0 Å². The molecular weight excluding hydrogens is 254 g/mol. The Hall–Kier alpha value is -0.830. The van der Waals surface area contributed by atoms with E-state index in [1.807, 2.05) is 0 Å². The summed E-state index contributed by atoms with van der Waals surface area (Å²) in [4.78, 5) is 7.77. The first-order chi connectivity index (χ1) is 7.15. The molecule has 2 nitrogen and oxygen atoms in total. The molecule has 1 aromatic heterocycles. The number of nitrogens with zero attached hydrogens (tertiary/aromatic N) is 2. The first-order valence-electron chi connectivity index (χ1n) is 4.09. The Morgan fingerprint density at radius 3 is 1.80 bits per heavy atom. The van der Waals surface area contributed by atoms with Crippen molar-refractivity contribution in [2.75, 3.05) is 0 Å². The van der Waals surface area contributed by atoms with Gasteiger partial charge >= 0.3 is 0 Å². The van der Waals surface area contributed by atoms with Crippen molar-refractivity contribution in [3.63, 3.8) is 0 Å². The summed E-state index contributed by atoms with van der Waals surface area (Å²) >= 11 is 17.3. The van der Waals surface area contributed by atoms with Gasteiger partial charge in [0.2, 0.25) is 5.28 Å². The van der Waals surface area contributed by atoms with Crippen LogP contribution in [0.1, 0.15) is 0 Å². The molecule has 1 aromatic carbocycles. The third-order valence-electron chi connectivity index (χ3n) is 1.82. The van der Waals surface area contributed by atoms with Gasteiger partial charge in [-0.15, -0.1) is 0 Å². The van der Waals surface area contributed by atoms with Crippen LogP contribution in [0.15, 0.2) is 30.6 Å². The highest BCUT2D eigenvalue weighted by Crippen LogP contribution is 2.26. The number of halogens is 3. The fraction of sp³-hybridized carbons (Fsp3) is 0. The summed E-state index contributed by atoms with van der Waals surface area (Å²) in [7, 11) is 0. The summed E-state index contributed by atoms with van der Waals surface area (Å²) in [6.45, 7) is 0. The molecule has 0 amide bonds. The van der Waals surface area contributed by atoms with E-state index in [1.54, 1.807) is 30.6 Å². The van der Waals surface area contributed by atoms with E-state index < -0.39 is 0 Å². The number of benzene rings is 1. The van der Waals surface area contributed by atoms with Crippen LogP contribution in [0.2, 0.25) is 15.3 Å². The first kappa shape index (κ1) is 10.7. The third kappa shape index (κ3) is 2.59. The minimum Gasteiger partial charge on any atom is -0.226 e. The van der Waals surface area contributed by atoms with Crippen molar-refractivity contribution in [2.45, 2.75) is 0 Å². The molecule has 0 unspecified atom stereocenters. The maximum atomic E-state index is 5.88. The molecule has 76 valence electrons. The van der Waals surface area contributed by atoms with Crippen LogP contribution in [0.3, 0.4) is 0 Å². The Kier molecular flexibility index (Phi) is 3.10. The first-order valence-corrected chi connectivity index (χ1v) is 5.22. The SMILES string of the molecule is Clc1cc(Cl)cc(-c2cnc(Cl)nc2)c1. The van der Waals surface area contributed by atoms with E-state index >= 15 is 0 Å². The van der Waals surface area contributed by atoms with E-state index in [4.69, 9.17) is 34.8 Å². The second kappa shape index (κ2) is 4.35. The van der Waals surface area contributed by atoms with E-state index in [0.717, 1.165) is 11.1 Å². The van der Waals surface area contributed by atoms with E-state index in [1.165, 1.54) is 0 Å². The van der Waals surface area contributed by atoms with E-state index in [9.17, 15) is 0 Å². The summed E-state index contributed by atoms with van der Waals surface area (Å²) in [5.41, 5.74) is 1.69. The summed E-state index contributed by atoms with van der Waals surface area (Å²) in [6, 6.07) is 5.25. The Labute approximate surface area is 102 Å². The smallest absolute Gasteiger partial charge is 0.222 e. The Balaban J connectivity index is 2.49. The molecule has 0 aliphatic carbocycles. The number of aromatic nitrogens is 2. The molecule has 0 aliphatic heterocycles. The predicted octanol–water partition coefficient (Wildman–Crippen LogP) is 4.10. The molecule has 1 heterocycles. The van der Waals surface area contributed by atoms with E-state index in [2.05, 4.69) is 9.97 Å². The van der Waals surface area contributed by atoms with Crippen LogP contribution in [0.4, 0.5) is 0 Å². The zero-order valence-electron chi connectivity index (χ0n) is 7.42. The zero-order valence-corrected chi connectivity index (χ0v) is 9.68. The molecular formula is C10H5Cl3N2. The lowest BCUT2D eigenvalue weighted by molar-refractivity contribution is 1.17. The normalized spacial score (nSPS) is 10.3. The van der Waals surface area contributed by atoms with Crippen molar-refractivity contribution in [1.29, 1.82) is 0 Å². The lowest BCUT2D eigenvalue weighted by Gasteiger charge is -2.02. The minimum absolute atomic E-state index is 0.215. The number of hydrogen-bond donors (Lipinski definition) is 0. The average molecular weight is 260 g/mol. The van der Waals surface area contributed by atoms with Gasteiger partial charge in [-0.1, -0.05) is 23.2 Å². The molecule has 5 heteroatoms.